The molecule has 1 saturated heterocycles. The van der Waals surface area contributed by atoms with Crippen LogP contribution in [0.4, 0.5) is 0 Å². The van der Waals surface area contributed by atoms with E-state index in [1.54, 1.807) is 53.4 Å². The van der Waals surface area contributed by atoms with E-state index in [-0.39, 0.29) is 72.1 Å². The minimum Gasteiger partial charge on any atom is -0.465 e. The van der Waals surface area contributed by atoms with E-state index in [1.807, 2.05) is 0 Å². The maximum Gasteiger partial charge on any atom is 0.345 e. The van der Waals surface area contributed by atoms with Crippen molar-refractivity contribution in [1.82, 2.24) is 10.2 Å². The Labute approximate surface area is 239 Å². The van der Waals surface area contributed by atoms with Crippen molar-refractivity contribution in [3.63, 3.8) is 0 Å². The fourth-order valence-electron chi connectivity index (χ4n) is 4.99. The highest BCUT2D eigenvalue weighted by atomic mass is 31.2. The first kappa shape index (κ1) is 37.1. The number of carbonyl (C=O) groups is 2. The predicted molar refractivity (Wildman–Crippen MR) is 150 cm³/mol. The summed E-state index contributed by atoms with van der Waals surface area (Å²) in [6.07, 6.45) is 0.144. The molecule has 1 heterocycles. The van der Waals surface area contributed by atoms with Crippen molar-refractivity contribution in [2.75, 3.05) is 65.8 Å². The van der Waals surface area contributed by atoms with Crippen molar-refractivity contribution < 1.29 is 51.4 Å². The van der Waals surface area contributed by atoms with Gasteiger partial charge in [0.1, 0.15) is 0 Å². The van der Waals surface area contributed by atoms with E-state index < -0.39 is 43.7 Å². The van der Waals surface area contributed by atoms with Crippen LogP contribution in [0, 0.1) is 0 Å². The highest BCUT2D eigenvalue weighted by Crippen LogP contribution is 2.72. The van der Waals surface area contributed by atoms with Gasteiger partial charge in [0, 0.05) is 18.6 Å². The fraction of sp³-hybridized carbons (Fsp3) is 0.920. The summed E-state index contributed by atoms with van der Waals surface area (Å²) in [5.74, 6) is -1.00. The summed E-state index contributed by atoms with van der Waals surface area (Å²) < 4.78 is 61.5. The zero-order valence-electron chi connectivity index (χ0n) is 25.1. The number of nitrogens with one attached hydrogen (secondary N) is 1. The second kappa shape index (κ2) is 17.3. The molecule has 1 rings (SSSR count). The van der Waals surface area contributed by atoms with Gasteiger partial charge in [-0.05, 0) is 67.7 Å². The topological polar surface area (TPSA) is 159 Å². The van der Waals surface area contributed by atoms with Gasteiger partial charge >= 0.3 is 27.1 Å². The normalized spacial score (nSPS) is 22.7. The van der Waals surface area contributed by atoms with Crippen LogP contribution in [0.5, 0.6) is 0 Å². The molecule has 0 radical (unpaired) electrons. The van der Waals surface area contributed by atoms with Crippen molar-refractivity contribution in [2.24, 2.45) is 0 Å². The smallest absolute Gasteiger partial charge is 0.345 e. The zero-order chi connectivity index (χ0) is 30.5. The summed E-state index contributed by atoms with van der Waals surface area (Å²) in [6, 6.07) is 0. The molecule has 0 aromatic carbocycles. The summed E-state index contributed by atoms with van der Waals surface area (Å²) in [4.78, 5) is 26.7. The Bertz CT molecular complexity index is 839. The molecule has 1 fully saturated rings. The lowest BCUT2D eigenvalue weighted by Gasteiger charge is -2.43. The number of rotatable bonds is 19. The number of hydrogen-bond donors (Lipinski definition) is 2. The minimum absolute atomic E-state index is 0.00197. The highest BCUT2D eigenvalue weighted by molar-refractivity contribution is 7.72. The van der Waals surface area contributed by atoms with Crippen LogP contribution >= 0.6 is 15.2 Å². The van der Waals surface area contributed by atoms with E-state index in [4.69, 9.17) is 27.6 Å². The Hall–Kier alpha value is -0.880. The van der Waals surface area contributed by atoms with Gasteiger partial charge in [-0.15, -0.1) is 0 Å². The summed E-state index contributed by atoms with van der Waals surface area (Å²) >= 11 is 0. The summed E-state index contributed by atoms with van der Waals surface area (Å²) in [6.45, 7) is 12.1. The van der Waals surface area contributed by atoms with E-state index in [0.717, 1.165) is 0 Å². The Morgan fingerprint density at radius 2 is 1.32 bits per heavy atom. The van der Waals surface area contributed by atoms with E-state index in [1.165, 1.54) is 0 Å². The van der Waals surface area contributed by atoms with Gasteiger partial charge in [-0.2, -0.15) is 0 Å². The molecule has 0 saturated carbocycles. The fourth-order valence-corrected chi connectivity index (χ4v) is 10.6. The van der Waals surface area contributed by atoms with Gasteiger partial charge in [0.05, 0.1) is 58.3 Å². The summed E-state index contributed by atoms with van der Waals surface area (Å²) in [5.41, 5.74) is -2.52. The quantitative estimate of drug-likeness (QED) is 0.160. The molecule has 236 valence electrons. The van der Waals surface area contributed by atoms with Gasteiger partial charge in [0.15, 0.2) is 5.40 Å². The molecule has 2 atom stereocenters. The van der Waals surface area contributed by atoms with Crippen LogP contribution in [0.25, 0.3) is 0 Å². The molecule has 0 spiro atoms. The Morgan fingerprint density at radius 3 is 1.77 bits per heavy atom. The second-order valence-electron chi connectivity index (χ2n) is 9.81. The number of hydrogen-bond acceptors (Lipinski definition) is 13. The van der Waals surface area contributed by atoms with Crippen molar-refractivity contribution >= 4 is 27.1 Å². The first-order valence-corrected chi connectivity index (χ1v) is 17.3. The third-order valence-corrected chi connectivity index (χ3v) is 12.3. The lowest BCUT2D eigenvalue weighted by Crippen LogP contribution is -2.58. The number of esters is 2. The van der Waals surface area contributed by atoms with E-state index in [2.05, 4.69) is 5.32 Å². The van der Waals surface area contributed by atoms with E-state index in [0.29, 0.717) is 13.0 Å². The Kier molecular flexibility index (Phi) is 16.1. The maximum absolute atomic E-state index is 14.3. The molecule has 2 unspecified atom stereocenters. The third kappa shape index (κ3) is 11.4. The molecular formula is C25H50N2O11P2. The molecule has 15 heteroatoms. The average Bonchev–Trinajstić information content (AvgIpc) is 2.98. The summed E-state index contributed by atoms with van der Waals surface area (Å²) in [7, 11) is -8.31. The Morgan fingerprint density at radius 1 is 0.850 bits per heavy atom. The molecule has 40 heavy (non-hydrogen) atoms. The van der Waals surface area contributed by atoms with Gasteiger partial charge in [-0.1, -0.05) is 0 Å². The van der Waals surface area contributed by atoms with Gasteiger partial charge in [-0.3, -0.25) is 28.9 Å². The maximum atomic E-state index is 14.3. The lowest BCUT2D eigenvalue weighted by molar-refractivity contribution is -0.145. The molecule has 0 amide bonds. The van der Waals surface area contributed by atoms with Gasteiger partial charge in [0.25, 0.3) is 0 Å². The molecule has 0 aliphatic carbocycles. The standard InChI is InChI=1S/C25H50N2O11P2/c1-8-33-21(28)17-26-25(19-24(7,30)14-15-27(20-25)18-22(29)34-9-2)16-23(39(31,35-10-3)36-11-4)40(32,37-12-5)38-13-6/h23,26,30H,8-20H2,1-7H3. The second-order valence-corrected chi connectivity index (χ2v) is 14.7. The molecule has 13 nitrogen and oxygen atoms in total. The van der Waals surface area contributed by atoms with Gasteiger partial charge < -0.3 is 32.7 Å². The van der Waals surface area contributed by atoms with Crippen molar-refractivity contribution in [3.8, 4) is 0 Å². The number of nitrogens with zero attached hydrogens (tertiary/aromatic N) is 1. The van der Waals surface area contributed by atoms with E-state index >= 15 is 0 Å². The summed E-state index contributed by atoms with van der Waals surface area (Å²) in [5, 5.41) is 13.2. The van der Waals surface area contributed by atoms with Crippen molar-refractivity contribution in [2.45, 2.75) is 84.3 Å². The molecule has 0 aromatic heterocycles. The number of ether oxygens (including phenoxy) is 2. The third-order valence-electron chi connectivity index (χ3n) is 6.32. The average molecular weight is 617 g/mol. The van der Waals surface area contributed by atoms with Crippen LogP contribution < -0.4 is 5.32 Å². The highest BCUT2D eigenvalue weighted by Gasteiger charge is 2.56. The molecule has 1 aliphatic heterocycles. The number of likely N-dealkylation sites (tertiary alicyclic amines) is 1. The Balaban J connectivity index is 3.77. The number of aliphatic hydroxyl groups is 1. The first-order chi connectivity index (χ1) is 18.8. The van der Waals surface area contributed by atoms with Crippen LogP contribution in [0.15, 0.2) is 0 Å². The van der Waals surface area contributed by atoms with Crippen LogP contribution in [-0.4, -0.2) is 104 Å². The lowest BCUT2D eigenvalue weighted by atomic mass is 9.82. The SMILES string of the molecule is CCOC(=O)CNC1(CC(P(=O)(OCC)OCC)P(=O)(OCC)OCC)CN(CC(=O)OCC)CCC(C)(O)C1. The van der Waals surface area contributed by atoms with Crippen LogP contribution in [0.3, 0.4) is 0 Å². The first-order valence-electron chi connectivity index (χ1n) is 14.1. The monoisotopic (exact) mass is 616 g/mol. The largest absolute Gasteiger partial charge is 0.465 e. The van der Waals surface area contributed by atoms with Gasteiger partial charge in [-0.25, -0.2) is 0 Å². The minimum atomic E-state index is -4.15. The van der Waals surface area contributed by atoms with E-state index in [9.17, 15) is 23.8 Å². The van der Waals surface area contributed by atoms with Crippen LogP contribution in [-0.2, 0) is 46.3 Å². The van der Waals surface area contributed by atoms with Crippen molar-refractivity contribution in [1.29, 1.82) is 0 Å². The number of carbonyl (C=O) groups excluding carboxylic acids is 2. The molecule has 1 aliphatic rings. The van der Waals surface area contributed by atoms with Crippen LogP contribution in [0.2, 0.25) is 0 Å². The van der Waals surface area contributed by atoms with Crippen molar-refractivity contribution in [3.05, 3.63) is 0 Å². The van der Waals surface area contributed by atoms with Crippen LogP contribution in [0.1, 0.15) is 67.7 Å². The predicted octanol–water partition coefficient (Wildman–Crippen LogP) is 3.54. The zero-order valence-corrected chi connectivity index (χ0v) is 26.9. The molecule has 2 N–H and O–H groups in total. The molecule has 0 aromatic rings. The van der Waals surface area contributed by atoms with Gasteiger partial charge in [0.2, 0.25) is 0 Å². The molecular weight excluding hydrogens is 566 g/mol. The molecule has 0 bridgehead atoms.